The van der Waals surface area contributed by atoms with Gasteiger partial charge in [0, 0.05) is 17.2 Å². The lowest BCUT2D eigenvalue weighted by Crippen LogP contribution is -2.27. The highest BCUT2D eigenvalue weighted by atomic mass is 32.2. The normalized spacial score (nSPS) is 10.5. The molecule has 0 saturated carbocycles. The summed E-state index contributed by atoms with van der Waals surface area (Å²) in [6.45, 7) is 2.75. The van der Waals surface area contributed by atoms with Crippen LogP contribution in [0.15, 0.2) is 52.0 Å². The third-order valence-corrected chi connectivity index (χ3v) is 4.78. The minimum atomic E-state index is 0.0826. The molecular formula is C16H19NO2S2. The molecule has 112 valence electrons. The van der Waals surface area contributed by atoms with E-state index in [1.165, 1.54) is 5.56 Å². The van der Waals surface area contributed by atoms with E-state index in [2.05, 4.69) is 24.4 Å². The van der Waals surface area contributed by atoms with Gasteiger partial charge in [0.25, 0.3) is 0 Å². The van der Waals surface area contributed by atoms with Gasteiger partial charge in [-0.2, -0.15) is 11.8 Å². The van der Waals surface area contributed by atoms with Crippen molar-refractivity contribution in [3.63, 3.8) is 0 Å². The van der Waals surface area contributed by atoms with Gasteiger partial charge in [-0.15, -0.1) is 11.8 Å². The molecule has 0 aliphatic carbocycles. The van der Waals surface area contributed by atoms with Crippen LogP contribution in [0.3, 0.4) is 0 Å². The first kappa shape index (κ1) is 16.0. The Hall–Kier alpha value is -1.33. The first-order valence-electron chi connectivity index (χ1n) is 6.80. The fourth-order valence-electron chi connectivity index (χ4n) is 1.66. The van der Waals surface area contributed by atoms with Crippen LogP contribution in [0.25, 0.3) is 0 Å². The Labute approximate surface area is 133 Å². The van der Waals surface area contributed by atoms with Crippen molar-refractivity contribution in [1.82, 2.24) is 5.32 Å². The van der Waals surface area contributed by atoms with Crippen molar-refractivity contribution in [2.24, 2.45) is 0 Å². The number of hydrogen-bond acceptors (Lipinski definition) is 4. The zero-order valence-electron chi connectivity index (χ0n) is 12.0. The van der Waals surface area contributed by atoms with Gasteiger partial charge < -0.3 is 9.73 Å². The quantitative estimate of drug-likeness (QED) is 0.594. The standard InChI is InChI=1S/C16H19NO2S2/c1-13-4-6-15(7-5-13)21-12-16(18)17-8-10-20-11-14-3-2-9-19-14/h2-7,9H,8,10-12H2,1H3,(H,17,18). The molecule has 1 N–H and O–H groups in total. The zero-order chi connectivity index (χ0) is 14.9. The maximum Gasteiger partial charge on any atom is 0.230 e. The maximum absolute atomic E-state index is 11.7. The van der Waals surface area contributed by atoms with Gasteiger partial charge in [-0.05, 0) is 31.2 Å². The molecule has 0 aliphatic rings. The SMILES string of the molecule is Cc1ccc(SCC(=O)NCCSCc2ccco2)cc1. The molecule has 5 heteroatoms. The van der Waals surface area contributed by atoms with Crippen LogP contribution >= 0.6 is 23.5 Å². The molecule has 0 unspecified atom stereocenters. The monoisotopic (exact) mass is 321 g/mol. The van der Waals surface area contributed by atoms with E-state index in [-0.39, 0.29) is 5.91 Å². The van der Waals surface area contributed by atoms with E-state index in [4.69, 9.17) is 4.42 Å². The zero-order valence-corrected chi connectivity index (χ0v) is 13.6. The molecule has 0 saturated heterocycles. The summed E-state index contributed by atoms with van der Waals surface area (Å²) in [5.41, 5.74) is 1.23. The molecule has 0 aliphatic heterocycles. The number of nitrogens with one attached hydrogen (secondary N) is 1. The molecule has 0 radical (unpaired) electrons. The summed E-state index contributed by atoms with van der Waals surface area (Å²) >= 11 is 3.32. The van der Waals surface area contributed by atoms with Crippen LogP contribution in [0.4, 0.5) is 0 Å². The number of furan rings is 1. The van der Waals surface area contributed by atoms with E-state index < -0.39 is 0 Å². The highest BCUT2D eigenvalue weighted by Crippen LogP contribution is 2.17. The lowest BCUT2D eigenvalue weighted by atomic mass is 10.2. The minimum Gasteiger partial charge on any atom is -0.468 e. The van der Waals surface area contributed by atoms with Crippen molar-refractivity contribution in [2.45, 2.75) is 17.6 Å². The van der Waals surface area contributed by atoms with Crippen LogP contribution in [0.2, 0.25) is 0 Å². The molecule has 21 heavy (non-hydrogen) atoms. The highest BCUT2D eigenvalue weighted by Gasteiger charge is 2.02. The van der Waals surface area contributed by atoms with Gasteiger partial charge in [0.1, 0.15) is 5.76 Å². The predicted octanol–water partition coefficient (Wildman–Crippen LogP) is 3.73. The Kier molecular flexibility index (Phi) is 6.76. The van der Waals surface area contributed by atoms with E-state index in [9.17, 15) is 4.79 Å². The van der Waals surface area contributed by atoms with E-state index in [0.717, 1.165) is 22.2 Å². The molecule has 1 amide bonds. The van der Waals surface area contributed by atoms with E-state index in [1.54, 1.807) is 29.8 Å². The van der Waals surface area contributed by atoms with Gasteiger partial charge >= 0.3 is 0 Å². The molecule has 0 fully saturated rings. The van der Waals surface area contributed by atoms with Crippen LogP contribution in [0.1, 0.15) is 11.3 Å². The third-order valence-electron chi connectivity index (χ3n) is 2.78. The van der Waals surface area contributed by atoms with Crippen molar-refractivity contribution < 1.29 is 9.21 Å². The van der Waals surface area contributed by atoms with Gasteiger partial charge in [0.2, 0.25) is 5.91 Å². The van der Waals surface area contributed by atoms with Crippen LogP contribution in [-0.4, -0.2) is 24.0 Å². The fourth-order valence-corrected chi connectivity index (χ4v) is 3.15. The summed E-state index contributed by atoms with van der Waals surface area (Å²) in [6, 6.07) is 12.1. The van der Waals surface area contributed by atoms with Crippen molar-refractivity contribution in [3.8, 4) is 0 Å². The number of carbonyl (C=O) groups is 1. The van der Waals surface area contributed by atoms with Crippen molar-refractivity contribution in [1.29, 1.82) is 0 Å². The third kappa shape index (κ3) is 6.31. The Morgan fingerprint density at radius 2 is 2.05 bits per heavy atom. The maximum atomic E-state index is 11.7. The van der Waals surface area contributed by atoms with Crippen LogP contribution in [-0.2, 0) is 10.5 Å². The minimum absolute atomic E-state index is 0.0826. The fraction of sp³-hybridized carbons (Fsp3) is 0.312. The molecule has 1 aromatic heterocycles. The van der Waals surface area contributed by atoms with Gasteiger partial charge in [0.15, 0.2) is 0 Å². The molecule has 2 rings (SSSR count). The van der Waals surface area contributed by atoms with Crippen LogP contribution in [0, 0.1) is 6.92 Å². The van der Waals surface area contributed by atoms with Crippen LogP contribution in [0.5, 0.6) is 0 Å². The van der Waals surface area contributed by atoms with Crippen molar-refractivity contribution >= 4 is 29.4 Å². The van der Waals surface area contributed by atoms with E-state index in [1.807, 2.05) is 24.3 Å². The summed E-state index contributed by atoms with van der Waals surface area (Å²) in [6.07, 6.45) is 1.68. The molecule has 3 nitrogen and oxygen atoms in total. The van der Waals surface area contributed by atoms with E-state index in [0.29, 0.717) is 12.3 Å². The number of amides is 1. The second kappa shape index (κ2) is 8.85. The number of aryl methyl sites for hydroxylation is 1. The molecule has 1 aromatic carbocycles. The van der Waals surface area contributed by atoms with Gasteiger partial charge in [-0.25, -0.2) is 0 Å². The molecule has 0 bridgehead atoms. The predicted molar refractivity (Wildman–Crippen MR) is 89.8 cm³/mol. The number of thioether (sulfide) groups is 2. The highest BCUT2D eigenvalue weighted by molar-refractivity contribution is 8.00. The second-order valence-electron chi connectivity index (χ2n) is 4.58. The lowest BCUT2D eigenvalue weighted by molar-refractivity contribution is -0.118. The van der Waals surface area contributed by atoms with Gasteiger partial charge in [-0.1, -0.05) is 17.7 Å². The largest absolute Gasteiger partial charge is 0.468 e. The Morgan fingerprint density at radius 1 is 1.24 bits per heavy atom. The molecule has 0 atom stereocenters. The average molecular weight is 321 g/mol. The molecular weight excluding hydrogens is 302 g/mol. The molecule has 0 spiro atoms. The summed E-state index contributed by atoms with van der Waals surface area (Å²) in [5.74, 6) is 3.26. The average Bonchev–Trinajstić information content (AvgIpc) is 2.99. The number of benzene rings is 1. The Bertz CT molecular complexity index is 538. The first-order chi connectivity index (χ1) is 10.2. The smallest absolute Gasteiger partial charge is 0.230 e. The second-order valence-corrected chi connectivity index (χ2v) is 6.74. The van der Waals surface area contributed by atoms with Crippen LogP contribution < -0.4 is 5.32 Å². The van der Waals surface area contributed by atoms with Gasteiger partial charge in [0.05, 0.1) is 17.8 Å². The summed E-state index contributed by atoms with van der Waals surface area (Å²) < 4.78 is 5.25. The van der Waals surface area contributed by atoms with Crippen molar-refractivity contribution in [2.75, 3.05) is 18.1 Å². The first-order valence-corrected chi connectivity index (χ1v) is 8.94. The van der Waals surface area contributed by atoms with E-state index >= 15 is 0 Å². The van der Waals surface area contributed by atoms with Crippen molar-refractivity contribution in [3.05, 3.63) is 54.0 Å². The topological polar surface area (TPSA) is 42.2 Å². The summed E-state index contributed by atoms with van der Waals surface area (Å²) in [5, 5.41) is 2.93. The number of rotatable bonds is 8. The Morgan fingerprint density at radius 3 is 2.76 bits per heavy atom. The molecule has 2 aromatic rings. The number of carbonyl (C=O) groups excluding carboxylic acids is 1. The summed E-state index contributed by atoms with van der Waals surface area (Å²) in [4.78, 5) is 12.8. The number of hydrogen-bond donors (Lipinski definition) is 1. The van der Waals surface area contributed by atoms with Gasteiger partial charge in [-0.3, -0.25) is 4.79 Å². The Balaban J connectivity index is 1.54. The lowest BCUT2D eigenvalue weighted by Gasteiger charge is -2.05. The molecule has 1 heterocycles. The summed E-state index contributed by atoms with van der Waals surface area (Å²) in [7, 11) is 0.